The minimum atomic E-state index is -0.795. The van der Waals surface area contributed by atoms with Gasteiger partial charge in [-0.1, -0.05) is 19.1 Å². The van der Waals surface area contributed by atoms with Gasteiger partial charge in [0.05, 0.1) is 11.6 Å². The summed E-state index contributed by atoms with van der Waals surface area (Å²) >= 11 is 0. The Hall–Kier alpha value is -2.04. The normalized spacial score (nSPS) is 15.4. The summed E-state index contributed by atoms with van der Waals surface area (Å²) in [6, 6.07) is 5.77. The first kappa shape index (κ1) is 16.3. The molecule has 0 fully saturated rings. The number of hydrogen-bond acceptors (Lipinski definition) is 3. The smallest absolute Gasteiger partial charge is 0.414 e. The standard InChI is InChI=1S/C17H23NO4/c1-11(15(19)20)9-12-5-6-14-13(10-12)7-8-18(14)16(21)22-17(2,3)4/h5-6,10-11H,7-9H2,1-4H3,(H,19,20). The second kappa shape index (κ2) is 5.99. The SMILES string of the molecule is CC(Cc1ccc2c(c1)CCN2C(=O)OC(C)(C)C)C(=O)O. The summed E-state index contributed by atoms with van der Waals surface area (Å²) in [6.45, 7) is 7.83. The van der Waals surface area contributed by atoms with Gasteiger partial charge in [-0.15, -0.1) is 0 Å². The average molecular weight is 305 g/mol. The number of amides is 1. The Kier molecular flexibility index (Phi) is 4.44. The number of ether oxygens (including phenoxy) is 1. The fourth-order valence-electron chi connectivity index (χ4n) is 2.53. The molecule has 2 rings (SSSR count). The van der Waals surface area contributed by atoms with Crippen LogP contribution in [0.3, 0.4) is 0 Å². The number of carbonyl (C=O) groups excluding carboxylic acids is 1. The van der Waals surface area contributed by atoms with Crippen molar-refractivity contribution in [3.8, 4) is 0 Å². The molecule has 120 valence electrons. The topological polar surface area (TPSA) is 66.8 Å². The van der Waals surface area contributed by atoms with Gasteiger partial charge in [0.15, 0.2) is 0 Å². The number of aliphatic carboxylic acids is 1. The molecule has 1 aliphatic rings. The number of hydrogen-bond donors (Lipinski definition) is 1. The Labute approximate surface area is 130 Å². The molecule has 22 heavy (non-hydrogen) atoms. The van der Waals surface area contributed by atoms with E-state index >= 15 is 0 Å². The van der Waals surface area contributed by atoms with E-state index in [0.717, 1.165) is 23.2 Å². The summed E-state index contributed by atoms with van der Waals surface area (Å²) in [7, 11) is 0. The van der Waals surface area contributed by atoms with Gasteiger partial charge in [0.2, 0.25) is 0 Å². The van der Waals surface area contributed by atoms with Crippen LogP contribution < -0.4 is 4.90 Å². The van der Waals surface area contributed by atoms with E-state index in [1.807, 2.05) is 39.0 Å². The molecule has 1 amide bonds. The highest BCUT2D eigenvalue weighted by Gasteiger charge is 2.29. The summed E-state index contributed by atoms with van der Waals surface area (Å²) in [5.74, 6) is -1.21. The molecule has 1 N–H and O–H groups in total. The summed E-state index contributed by atoms with van der Waals surface area (Å²) in [4.78, 5) is 24.8. The Morgan fingerprint density at radius 1 is 1.36 bits per heavy atom. The molecule has 5 nitrogen and oxygen atoms in total. The van der Waals surface area contributed by atoms with E-state index in [-0.39, 0.29) is 6.09 Å². The summed E-state index contributed by atoms with van der Waals surface area (Å²) in [5, 5.41) is 8.99. The van der Waals surface area contributed by atoms with Crippen molar-refractivity contribution in [3.05, 3.63) is 29.3 Å². The second-order valence-electron chi connectivity index (χ2n) is 6.79. The zero-order chi connectivity index (χ0) is 16.5. The van der Waals surface area contributed by atoms with Crippen LogP contribution >= 0.6 is 0 Å². The van der Waals surface area contributed by atoms with E-state index < -0.39 is 17.5 Å². The zero-order valence-electron chi connectivity index (χ0n) is 13.5. The van der Waals surface area contributed by atoms with Crippen molar-refractivity contribution in [3.63, 3.8) is 0 Å². The quantitative estimate of drug-likeness (QED) is 0.931. The lowest BCUT2D eigenvalue weighted by molar-refractivity contribution is -0.141. The third kappa shape index (κ3) is 3.78. The lowest BCUT2D eigenvalue weighted by atomic mass is 9.99. The maximum absolute atomic E-state index is 12.2. The predicted molar refractivity (Wildman–Crippen MR) is 84.2 cm³/mol. The van der Waals surface area contributed by atoms with E-state index in [9.17, 15) is 9.59 Å². The van der Waals surface area contributed by atoms with Gasteiger partial charge >= 0.3 is 12.1 Å². The van der Waals surface area contributed by atoms with Crippen molar-refractivity contribution in [1.29, 1.82) is 0 Å². The number of carboxylic acid groups (broad SMARTS) is 1. The maximum atomic E-state index is 12.2. The predicted octanol–water partition coefficient (Wildman–Crippen LogP) is 3.25. The van der Waals surface area contributed by atoms with Gasteiger partial charge in [0, 0.05) is 6.54 Å². The van der Waals surface area contributed by atoms with Crippen LogP contribution in [0.25, 0.3) is 0 Å². The molecule has 1 aromatic carbocycles. The van der Waals surface area contributed by atoms with Gasteiger partial charge in [-0.3, -0.25) is 9.69 Å². The van der Waals surface area contributed by atoms with Crippen molar-refractivity contribution >= 4 is 17.7 Å². The third-order valence-electron chi connectivity index (χ3n) is 3.62. The van der Waals surface area contributed by atoms with Crippen LogP contribution in [0.4, 0.5) is 10.5 Å². The van der Waals surface area contributed by atoms with Gasteiger partial charge in [-0.05, 0) is 50.8 Å². The zero-order valence-corrected chi connectivity index (χ0v) is 13.5. The highest BCUT2D eigenvalue weighted by Crippen LogP contribution is 2.30. The van der Waals surface area contributed by atoms with Gasteiger partial charge in [-0.25, -0.2) is 4.79 Å². The first-order valence-electron chi connectivity index (χ1n) is 7.52. The van der Waals surface area contributed by atoms with Crippen LogP contribution in [0, 0.1) is 5.92 Å². The van der Waals surface area contributed by atoms with E-state index in [0.29, 0.717) is 13.0 Å². The van der Waals surface area contributed by atoms with Crippen LogP contribution in [0.5, 0.6) is 0 Å². The second-order valence-corrected chi connectivity index (χ2v) is 6.79. The molecular weight excluding hydrogens is 282 g/mol. The lowest BCUT2D eigenvalue weighted by Crippen LogP contribution is -2.35. The fraction of sp³-hybridized carbons (Fsp3) is 0.529. The molecule has 0 aromatic heterocycles. The first-order valence-corrected chi connectivity index (χ1v) is 7.52. The summed E-state index contributed by atoms with van der Waals surface area (Å²) in [6.07, 6.45) is 0.928. The Bertz CT molecular complexity index is 589. The van der Waals surface area contributed by atoms with Crippen molar-refractivity contribution in [1.82, 2.24) is 0 Å². The van der Waals surface area contributed by atoms with Crippen LogP contribution in [0.1, 0.15) is 38.8 Å². The lowest BCUT2D eigenvalue weighted by Gasteiger charge is -2.24. The Morgan fingerprint density at radius 3 is 2.64 bits per heavy atom. The molecule has 1 aliphatic heterocycles. The van der Waals surface area contributed by atoms with Crippen LogP contribution in [-0.2, 0) is 22.4 Å². The molecule has 0 saturated carbocycles. The van der Waals surface area contributed by atoms with Crippen molar-refractivity contribution in [2.24, 2.45) is 5.92 Å². The Morgan fingerprint density at radius 2 is 2.05 bits per heavy atom. The van der Waals surface area contributed by atoms with Gasteiger partial charge in [0.25, 0.3) is 0 Å². The molecule has 5 heteroatoms. The number of carbonyl (C=O) groups is 2. The molecule has 1 unspecified atom stereocenters. The fourth-order valence-corrected chi connectivity index (χ4v) is 2.53. The number of anilines is 1. The van der Waals surface area contributed by atoms with E-state index in [2.05, 4.69) is 0 Å². The summed E-state index contributed by atoms with van der Waals surface area (Å²) < 4.78 is 5.41. The molecule has 1 aromatic rings. The van der Waals surface area contributed by atoms with Gasteiger partial charge < -0.3 is 9.84 Å². The minimum absolute atomic E-state index is 0.335. The minimum Gasteiger partial charge on any atom is -0.481 e. The van der Waals surface area contributed by atoms with Gasteiger partial charge in [0.1, 0.15) is 5.60 Å². The molecular formula is C17H23NO4. The maximum Gasteiger partial charge on any atom is 0.414 e. The number of carboxylic acids is 1. The van der Waals surface area contributed by atoms with Crippen LogP contribution in [0.15, 0.2) is 18.2 Å². The average Bonchev–Trinajstić information content (AvgIpc) is 2.79. The highest BCUT2D eigenvalue weighted by atomic mass is 16.6. The van der Waals surface area contributed by atoms with Crippen LogP contribution in [-0.4, -0.2) is 29.3 Å². The molecule has 0 saturated heterocycles. The molecule has 1 atom stereocenters. The highest BCUT2D eigenvalue weighted by molar-refractivity contribution is 5.90. The van der Waals surface area contributed by atoms with Crippen molar-refractivity contribution < 1.29 is 19.4 Å². The molecule has 0 radical (unpaired) electrons. The van der Waals surface area contributed by atoms with E-state index in [1.54, 1.807) is 11.8 Å². The van der Waals surface area contributed by atoms with Crippen molar-refractivity contribution in [2.75, 3.05) is 11.4 Å². The number of benzene rings is 1. The molecule has 0 bridgehead atoms. The molecule has 0 spiro atoms. The van der Waals surface area contributed by atoms with Crippen LogP contribution in [0.2, 0.25) is 0 Å². The Balaban J connectivity index is 2.13. The largest absolute Gasteiger partial charge is 0.481 e. The molecule has 1 heterocycles. The molecule has 0 aliphatic carbocycles. The third-order valence-corrected chi connectivity index (χ3v) is 3.62. The number of nitrogens with zero attached hydrogens (tertiary/aromatic N) is 1. The number of rotatable bonds is 3. The summed E-state index contributed by atoms with van der Waals surface area (Å²) in [5.41, 5.74) is 2.40. The van der Waals surface area contributed by atoms with E-state index in [4.69, 9.17) is 9.84 Å². The van der Waals surface area contributed by atoms with E-state index in [1.165, 1.54) is 0 Å². The van der Waals surface area contributed by atoms with Crippen molar-refractivity contribution in [2.45, 2.75) is 46.1 Å². The van der Waals surface area contributed by atoms with Gasteiger partial charge in [-0.2, -0.15) is 0 Å². The first-order chi connectivity index (χ1) is 10.2. The monoisotopic (exact) mass is 305 g/mol. The number of fused-ring (bicyclic) bond motifs is 1.